The molecule has 8 nitrogen and oxygen atoms in total. The molecule has 166 valence electrons. The van der Waals surface area contributed by atoms with Gasteiger partial charge in [0.05, 0.1) is 23.2 Å². The molecule has 13 heteroatoms. The number of nitrogens with zero attached hydrogens (tertiary/aromatic N) is 3. The van der Waals surface area contributed by atoms with E-state index in [0.29, 0.717) is 12.1 Å². The van der Waals surface area contributed by atoms with Crippen LogP contribution in [0.25, 0.3) is 0 Å². The lowest BCUT2D eigenvalue weighted by Crippen LogP contribution is -2.37. The standard InChI is InChI=1S/C19H13F3N4O4S2/c1-10(13-4-11(7-23)2-3-14(13)20)25-12-5-15(21)18(16(22)6-12)32(29,30)26(19(27)28)17-8-31-9-24-17/h2-6,8-10,25H,1H3,(H,27,28). The normalized spacial score (nSPS) is 12.1. The molecule has 0 spiro atoms. The summed E-state index contributed by atoms with van der Waals surface area (Å²) in [7, 11) is -5.19. The Morgan fingerprint density at radius 2 is 1.88 bits per heavy atom. The summed E-state index contributed by atoms with van der Waals surface area (Å²) >= 11 is 0.887. The highest BCUT2D eigenvalue weighted by Gasteiger charge is 2.37. The molecule has 2 N–H and O–H groups in total. The van der Waals surface area contributed by atoms with Crippen molar-refractivity contribution in [3.63, 3.8) is 0 Å². The Kier molecular flexibility index (Phi) is 6.37. The lowest BCUT2D eigenvalue weighted by molar-refractivity contribution is 0.206. The Hall–Kier alpha value is -3.63. The maximum Gasteiger partial charge on any atom is 0.427 e. The first kappa shape index (κ1) is 23.0. The SMILES string of the molecule is CC(Nc1cc(F)c(S(=O)(=O)N(C(=O)O)c2cscn2)c(F)c1)c1cc(C#N)ccc1F. The van der Waals surface area contributed by atoms with Crippen molar-refractivity contribution in [3.05, 3.63) is 69.8 Å². The minimum Gasteiger partial charge on any atom is -0.464 e. The number of hydrogen-bond acceptors (Lipinski definition) is 7. The second kappa shape index (κ2) is 8.85. The predicted octanol–water partition coefficient (Wildman–Crippen LogP) is 4.48. The van der Waals surface area contributed by atoms with E-state index in [4.69, 9.17) is 5.26 Å². The molecular weight excluding hydrogens is 469 g/mol. The Balaban J connectivity index is 1.98. The Labute approximate surface area is 184 Å². The van der Waals surface area contributed by atoms with Gasteiger partial charge in [0.2, 0.25) is 0 Å². The van der Waals surface area contributed by atoms with E-state index >= 15 is 0 Å². The molecule has 32 heavy (non-hydrogen) atoms. The van der Waals surface area contributed by atoms with E-state index in [1.54, 1.807) is 0 Å². The third-order valence-electron chi connectivity index (χ3n) is 4.27. The van der Waals surface area contributed by atoms with Crippen LogP contribution >= 0.6 is 11.3 Å². The van der Waals surface area contributed by atoms with Crippen molar-refractivity contribution in [2.24, 2.45) is 0 Å². The summed E-state index contributed by atoms with van der Waals surface area (Å²) in [5, 5.41) is 22.0. The average Bonchev–Trinajstić information content (AvgIpc) is 3.20. The fraction of sp³-hybridized carbons (Fsp3) is 0.105. The fourth-order valence-corrected chi connectivity index (χ4v) is 4.81. The van der Waals surface area contributed by atoms with Gasteiger partial charge >= 0.3 is 6.09 Å². The fourth-order valence-electron chi connectivity index (χ4n) is 2.88. The third-order valence-corrected chi connectivity index (χ3v) is 6.58. The van der Waals surface area contributed by atoms with Gasteiger partial charge in [-0.3, -0.25) is 0 Å². The number of rotatable bonds is 6. The van der Waals surface area contributed by atoms with Gasteiger partial charge in [-0.05, 0) is 37.3 Å². The van der Waals surface area contributed by atoms with Crippen LogP contribution in [0.4, 0.5) is 29.5 Å². The van der Waals surface area contributed by atoms with E-state index in [0.717, 1.165) is 28.3 Å². The molecule has 1 aromatic heterocycles. The highest BCUT2D eigenvalue weighted by molar-refractivity contribution is 7.93. The van der Waals surface area contributed by atoms with E-state index in [-0.39, 0.29) is 21.1 Å². The first-order valence-corrected chi connectivity index (χ1v) is 11.1. The van der Waals surface area contributed by atoms with Gasteiger partial charge in [0, 0.05) is 16.6 Å². The molecule has 2 aromatic carbocycles. The van der Waals surface area contributed by atoms with Crippen LogP contribution in [0.15, 0.2) is 46.1 Å². The molecule has 0 saturated heterocycles. The van der Waals surface area contributed by atoms with Gasteiger partial charge in [0.25, 0.3) is 10.0 Å². The van der Waals surface area contributed by atoms with Crippen molar-refractivity contribution in [2.45, 2.75) is 17.9 Å². The number of sulfonamides is 1. The largest absolute Gasteiger partial charge is 0.464 e. The molecule has 0 radical (unpaired) electrons. The third kappa shape index (κ3) is 4.36. The van der Waals surface area contributed by atoms with Gasteiger partial charge in [-0.15, -0.1) is 15.6 Å². The number of nitrogens with one attached hydrogen (secondary N) is 1. The topological polar surface area (TPSA) is 123 Å². The summed E-state index contributed by atoms with van der Waals surface area (Å²) in [4.78, 5) is 13.6. The monoisotopic (exact) mass is 482 g/mol. The average molecular weight is 482 g/mol. The lowest BCUT2D eigenvalue weighted by Gasteiger charge is -2.20. The quantitative estimate of drug-likeness (QED) is 0.531. The second-order valence-corrected chi connectivity index (χ2v) is 8.82. The zero-order valence-corrected chi connectivity index (χ0v) is 17.7. The molecule has 0 bridgehead atoms. The Morgan fingerprint density at radius 1 is 1.22 bits per heavy atom. The molecule has 0 fully saturated rings. The van der Waals surface area contributed by atoms with Gasteiger partial charge in [-0.2, -0.15) is 5.26 Å². The minimum absolute atomic E-state index is 0.0437. The molecule has 3 rings (SSSR count). The Morgan fingerprint density at radius 3 is 2.41 bits per heavy atom. The predicted molar refractivity (Wildman–Crippen MR) is 109 cm³/mol. The van der Waals surface area contributed by atoms with E-state index in [1.165, 1.54) is 19.1 Å². The Bertz CT molecular complexity index is 1300. The van der Waals surface area contributed by atoms with Crippen LogP contribution in [0.2, 0.25) is 0 Å². The molecule has 1 atom stereocenters. The van der Waals surface area contributed by atoms with Crippen molar-refractivity contribution < 1.29 is 31.5 Å². The molecular formula is C19H13F3N4O4S2. The van der Waals surface area contributed by atoms with Gasteiger partial charge in [0.1, 0.15) is 17.5 Å². The van der Waals surface area contributed by atoms with E-state index in [2.05, 4.69) is 10.3 Å². The highest BCUT2D eigenvalue weighted by Crippen LogP contribution is 2.31. The van der Waals surface area contributed by atoms with Crippen molar-refractivity contribution in [1.29, 1.82) is 5.26 Å². The maximum absolute atomic E-state index is 14.7. The molecule has 0 aliphatic heterocycles. The van der Waals surface area contributed by atoms with Crippen LogP contribution in [0.5, 0.6) is 0 Å². The molecule has 1 heterocycles. The molecule has 1 amide bonds. The van der Waals surface area contributed by atoms with Crippen LogP contribution < -0.4 is 9.62 Å². The van der Waals surface area contributed by atoms with Crippen molar-refractivity contribution in [2.75, 3.05) is 9.62 Å². The van der Waals surface area contributed by atoms with Crippen LogP contribution in [0.3, 0.4) is 0 Å². The summed E-state index contributed by atoms with van der Waals surface area (Å²) < 4.78 is 68.7. The number of nitriles is 1. The summed E-state index contributed by atoms with van der Waals surface area (Å²) in [6.45, 7) is 1.47. The summed E-state index contributed by atoms with van der Waals surface area (Å²) in [5.41, 5.74) is 1.14. The second-order valence-electron chi connectivity index (χ2n) is 6.38. The van der Waals surface area contributed by atoms with Gasteiger partial charge in [-0.25, -0.2) is 31.4 Å². The van der Waals surface area contributed by atoms with Crippen molar-refractivity contribution >= 4 is 39.0 Å². The number of halogens is 3. The molecule has 0 aliphatic rings. The zero-order chi connectivity index (χ0) is 23.6. The maximum atomic E-state index is 14.7. The molecule has 1 unspecified atom stereocenters. The number of aromatic nitrogens is 1. The summed E-state index contributed by atoms with van der Waals surface area (Å²) in [5.74, 6) is -4.32. The smallest absolute Gasteiger partial charge is 0.427 e. The first-order chi connectivity index (χ1) is 15.1. The number of anilines is 2. The molecule has 0 saturated carbocycles. The van der Waals surface area contributed by atoms with Crippen molar-refractivity contribution in [1.82, 2.24) is 4.98 Å². The first-order valence-electron chi connectivity index (χ1n) is 8.67. The van der Waals surface area contributed by atoms with Crippen LogP contribution in [-0.2, 0) is 10.0 Å². The summed E-state index contributed by atoms with van der Waals surface area (Å²) in [6, 6.07) is 5.87. The van der Waals surface area contributed by atoms with Crippen LogP contribution in [0, 0.1) is 28.8 Å². The number of carboxylic acid groups (broad SMARTS) is 1. The van der Waals surface area contributed by atoms with E-state index in [9.17, 15) is 31.5 Å². The number of thiazole rings is 1. The number of hydrogen-bond donors (Lipinski definition) is 2. The van der Waals surface area contributed by atoms with E-state index < -0.39 is 50.3 Å². The lowest BCUT2D eigenvalue weighted by atomic mass is 10.0. The highest BCUT2D eigenvalue weighted by atomic mass is 32.2. The zero-order valence-electron chi connectivity index (χ0n) is 16.1. The number of carbonyl (C=O) groups is 1. The van der Waals surface area contributed by atoms with Crippen LogP contribution in [-0.4, -0.2) is 24.6 Å². The van der Waals surface area contributed by atoms with Gasteiger partial charge in [-0.1, -0.05) is 0 Å². The van der Waals surface area contributed by atoms with Crippen molar-refractivity contribution in [3.8, 4) is 6.07 Å². The minimum atomic E-state index is -5.19. The number of amides is 1. The molecule has 0 aliphatic carbocycles. The number of benzene rings is 2. The van der Waals surface area contributed by atoms with Crippen LogP contribution in [0.1, 0.15) is 24.1 Å². The molecule has 3 aromatic rings. The van der Waals surface area contributed by atoms with Gasteiger partial charge in [0.15, 0.2) is 10.7 Å². The van der Waals surface area contributed by atoms with Gasteiger partial charge < -0.3 is 10.4 Å². The van der Waals surface area contributed by atoms with E-state index in [1.807, 2.05) is 6.07 Å². The summed E-state index contributed by atoms with van der Waals surface area (Å²) in [6.07, 6.45) is -2.00.